The Balaban J connectivity index is 1.68. The molecule has 3 heterocycles. The van der Waals surface area contributed by atoms with E-state index >= 15 is 0 Å². The topological polar surface area (TPSA) is 84.1 Å². The number of nitrogens with zero attached hydrogens (tertiary/aromatic N) is 5. The van der Waals surface area contributed by atoms with Crippen LogP contribution in [0.1, 0.15) is 32.6 Å². The third-order valence-electron chi connectivity index (χ3n) is 5.46. The van der Waals surface area contributed by atoms with E-state index < -0.39 is 0 Å². The number of pyridine rings is 1. The van der Waals surface area contributed by atoms with Gasteiger partial charge in [-0.15, -0.1) is 0 Å². The van der Waals surface area contributed by atoms with Gasteiger partial charge in [0.05, 0.1) is 12.1 Å². The van der Waals surface area contributed by atoms with Crippen LogP contribution in [-0.2, 0) is 19.5 Å². The summed E-state index contributed by atoms with van der Waals surface area (Å²) in [6, 6.07) is 8.31. The van der Waals surface area contributed by atoms with Gasteiger partial charge in [-0.1, -0.05) is 12.1 Å². The number of phenols is 1. The zero-order valence-electron chi connectivity index (χ0n) is 16.2. The number of phenolic OH excluding ortho intramolecular Hbond substituents is 1. The number of aromatic hydroxyl groups is 1. The minimum absolute atomic E-state index is 0.0926. The summed E-state index contributed by atoms with van der Waals surface area (Å²) in [5, 5.41) is 15.8. The minimum Gasteiger partial charge on any atom is -0.505 e. The molecule has 1 aliphatic rings. The molecule has 0 spiro atoms. The summed E-state index contributed by atoms with van der Waals surface area (Å²) in [6.45, 7) is 0.811. The summed E-state index contributed by atoms with van der Waals surface area (Å²) < 4.78 is 14.9. The number of carbonyl (C=O) groups excluding carboxylic acids is 1. The minimum atomic E-state index is -0.278. The van der Waals surface area contributed by atoms with Crippen molar-refractivity contribution in [1.29, 1.82) is 0 Å². The van der Waals surface area contributed by atoms with Gasteiger partial charge in [0.25, 0.3) is 5.91 Å². The van der Waals surface area contributed by atoms with Gasteiger partial charge >= 0.3 is 0 Å². The van der Waals surface area contributed by atoms with Gasteiger partial charge < -0.3 is 10.0 Å². The molecular weight excluding hydrogens is 385 g/mol. The standard InChI is InChI=1S/C22H18FN5O2/c1-27-9-18-17(10-28-12-24-11-26-28)16-7-14(6-13-2-4-15(23)5-3-13)8-25-20(16)21(29)19(18)22(27)30/h2-5,7-8,11-12,29H,6,9-10H2,1H3. The molecule has 5 rings (SSSR count). The number of carbonyl (C=O) groups is 1. The maximum absolute atomic E-state index is 13.2. The van der Waals surface area contributed by atoms with Gasteiger partial charge in [-0.3, -0.25) is 9.78 Å². The van der Waals surface area contributed by atoms with Crippen LogP contribution in [0.3, 0.4) is 0 Å². The number of benzene rings is 2. The molecule has 2 aromatic heterocycles. The second kappa shape index (κ2) is 6.91. The van der Waals surface area contributed by atoms with Crippen LogP contribution in [0.2, 0.25) is 0 Å². The summed E-state index contributed by atoms with van der Waals surface area (Å²) >= 11 is 0. The number of fused-ring (bicyclic) bond motifs is 2. The Morgan fingerprint density at radius 3 is 2.73 bits per heavy atom. The lowest BCUT2D eigenvalue weighted by Crippen LogP contribution is -2.17. The van der Waals surface area contributed by atoms with Crippen molar-refractivity contribution in [2.75, 3.05) is 7.05 Å². The first kappa shape index (κ1) is 18.2. The number of hydrogen-bond acceptors (Lipinski definition) is 5. The van der Waals surface area contributed by atoms with Crippen LogP contribution in [0.25, 0.3) is 10.9 Å². The summed E-state index contributed by atoms with van der Waals surface area (Å²) in [5.41, 5.74) is 4.23. The van der Waals surface area contributed by atoms with Crippen LogP contribution in [0.4, 0.5) is 4.39 Å². The van der Waals surface area contributed by atoms with Crippen LogP contribution in [0.5, 0.6) is 5.75 Å². The highest BCUT2D eigenvalue weighted by Crippen LogP contribution is 2.39. The van der Waals surface area contributed by atoms with Crippen LogP contribution in [0.15, 0.2) is 49.2 Å². The molecule has 7 nitrogen and oxygen atoms in total. The van der Waals surface area contributed by atoms with E-state index in [0.29, 0.717) is 30.6 Å². The molecule has 0 saturated carbocycles. The Morgan fingerprint density at radius 1 is 1.20 bits per heavy atom. The van der Waals surface area contributed by atoms with Gasteiger partial charge in [0.1, 0.15) is 24.0 Å². The zero-order chi connectivity index (χ0) is 20.8. The first-order valence-electron chi connectivity index (χ1n) is 9.49. The average Bonchev–Trinajstić information content (AvgIpc) is 3.35. The quantitative estimate of drug-likeness (QED) is 0.566. The maximum atomic E-state index is 13.2. The highest BCUT2D eigenvalue weighted by atomic mass is 19.1. The van der Waals surface area contributed by atoms with Gasteiger partial charge in [0.2, 0.25) is 0 Å². The Hall–Kier alpha value is -3.81. The summed E-state index contributed by atoms with van der Waals surface area (Å²) in [5.74, 6) is -0.591. The number of hydrogen-bond donors (Lipinski definition) is 1. The van der Waals surface area contributed by atoms with Crippen LogP contribution < -0.4 is 0 Å². The predicted octanol–water partition coefficient (Wildman–Crippen LogP) is 2.90. The zero-order valence-corrected chi connectivity index (χ0v) is 16.2. The van der Waals surface area contributed by atoms with Gasteiger partial charge in [-0.2, -0.15) is 5.10 Å². The van der Waals surface area contributed by atoms with E-state index in [9.17, 15) is 14.3 Å². The van der Waals surface area contributed by atoms with E-state index in [4.69, 9.17) is 0 Å². The van der Waals surface area contributed by atoms with Crippen molar-refractivity contribution < 1.29 is 14.3 Å². The third kappa shape index (κ3) is 2.97. The molecule has 1 aliphatic heterocycles. The van der Waals surface area contributed by atoms with Gasteiger partial charge in [-0.05, 0) is 46.9 Å². The van der Waals surface area contributed by atoms with Gasteiger partial charge in [-0.25, -0.2) is 14.1 Å². The van der Waals surface area contributed by atoms with E-state index in [1.165, 1.54) is 18.5 Å². The normalized spacial score (nSPS) is 13.3. The molecule has 0 bridgehead atoms. The molecule has 0 unspecified atom stereocenters. The van der Waals surface area contributed by atoms with E-state index in [1.54, 1.807) is 41.3 Å². The van der Waals surface area contributed by atoms with Crippen molar-refractivity contribution >= 4 is 16.8 Å². The molecule has 2 aromatic carbocycles. The molecule has 0 fully saturated rings. The molecule has 4 aromatic rings. The fourth-order valence-corrected chi connectivity index (χ4v) is 4.00. The van der Waals surface area contributed by atoms with Crippen molar-refractivity contribution in [3.05, 3.63) is 82.8 Å². The molecule has 0 atom stereocenters. The maximum Gasteiger partial charge on any atom is 0.258 e. The van der Waals surface area contributed by atoms with E-state index in [2.05, 4.69) is 15.1 Å². The monoisotopic (exact) mass is 403 g/mol. The molecule has 1 N–H and O–H groups in total. The van der Waals surface area contributed by atoms with Crippen molar-refractivity contribution in [1.82, 2.24) is 24.6 Å². The van der Waals surface area contributed by atoms with E-state index in [1.807, 2.05) is 6.07 Å². The summed E-state index contributed by atoms with van der Waals surface area (Å²) in [7, 11) is 1.71. The number of aromatic nitrogens is 4. The third-order valence-corrected chi connectivity index (χ3v) is 5.46. The first-order chi connectivity index (χ1) is 14.5. The molecule has 30 heavy (non-hydrogen) atoms. The molecule has 150 valence electrons. The van der Waals surface area contributed by atoms with Crippen molar-refractivity contribution in [2.24, 2.45) is 0 Å². The van der Waals surface area contributed by atoms with Crippen LogP contribution >= 0.6 is 0 Å². The Bertz CT molecular complexity index is 1270. The van der Waals surface area contributed by atoms with E-state index in [0.717, 1.165) is 27.6 Å². The molecule has 0 radical (unpaired) electrons. The summed E-state index contributed by atoms with van der Waals surface area (Å²) in [6.07, 6.45) is 5.32. The number of rotatable bonds is 4. The molecule has 0 saturated heterocycles. The lowest BCUT2D eigenvalue weighted by atomic mass is 9.95. The second-order valence-electron chi connectivity index (χ2n) is 7.48. The lowest BCUT2D eigenvalue weighted by Gasteiger charge is -2.14. The Kier molecular flexibility index (Phi) is 4.20. The van der Waals surface area contributed by atoms with Gasteiger partial charge in [0.15, 0.2) is 5.75 Å². The van der Waals surface area contributed by atoms with Crippen molar-refractivity contribution in [3.8, 4) is 5.75 Å². The first-order valence-corrected chi connectivity index (χ1v) is 9.49. The highest BCUT2D eigenvalue weighted by Gasteiger charge is 2.33. The van der Waals surface area contributed by atoms with Crippen molar-refractivity contribution in [2.45, 2.75) is 19.5 Å². The van der Waals surface area contributed by atoms with Crippen molar-refractivity contribution in [3.63, 3.8) is 0 Å². The number of halogens is 1. The number of amides is 1. The molecule has 0 aliphatic carbocycles. The van der Waals surface area contributed by atoms with E-state index in [-0.39, 0.29) is 17.5 Å². The predicted molar refractivity (Wildman–Crippen MR) is 108 cm³/mol. The summed E-state index contributed by atoms with van der Waals surface area (Å²) in [4.78, 5) is 22.7. The average molecular weight is 403 g/mol. The smallest absolute Gasteiger partial charge is 0.258 e. The fraction of sp³-hybridized carbons (Fsp3) is 0.182. The Labute approximate surface area is 171 Å². The second-order valence-corrected chi connectivity index (χ2v) is 7.48. The molecule has 1 amide bonds. The fourth-order valence-electron chi connectivity index (χ4n) is 4.00. The highest BCUT2D eigenvalue weighted by molar-refractivity contribution is 6.07. The SMILES string of the molecule is CN1Cc2c(c(O)c3ncc(Cc4ccc(F)cc4)cc3c2Cn2cncn2)C1=O. The molecule has 8 heteroatoms. The molecular formula is C22H18FN5O2. The van der Waals surface area contributed by atoms with Gasteiger partial charge in [0, 0.05) is 25.2 Å². The largest absolute Gasteiger partial charge is 0.505 e. The van der Waals surface area contributed by atoms with Crippen LogP contribution in [0, 0.1) is 5.82 Å². The van der Waals surface area contributed by atoms with Crippen LogP contribution in [-0.4, -0.2) is 42.7 Å². The lowest BCUT2D eigenvalue weighted by molar-refractivity contribution is 0.0814. The Morgan fingerprint density at radius 2 is 2.00 bits per heavy atom.